The van der Waals surface area contributed by atoms with Gasteiger partial charge in [0.1, 0.15) is 5.82 Å². The fourth-order valence-electron chi connectivity index (χ4n) is 1.64. The molecule has 104 valence electrons. The van der Waals surface area contributed by atoms with Crippen molar-refractivity contribution < 1.29 is 4.92 Å². The minimum absolute atomic E-state index is 0.125. The van der Waals surface area contributed by atoms with Gasteiger partial charge in [0.2, 0.25) is 0 Å². The highest BCUT2D eigenvalue weighted by Gasteiger charge is 2.16. The molecule has 0 aromatic carbocycles. The SMILES string of the molecule is NNc1cccc(Cn2cc(Br)c(=O)c([N+](=O)[O-])c2)n1. The average molecular weight is 340 g/mol. The number of hydrogen-bond donors (Lipinski definition) is 2. The maximum absolute atomic E-state index is 11.6. The van der Waals surface area contributed by atoms with Crippen LogP contribution in [0, 0.1) is 10.1 Å². The van der Waals surface area contributed by atoms with Crippen molar-refractivity contribution in [3.8, 4) is 0 Å². The monoisotopic (exact) mass is 339 g/mol. The molecule has 0 amide bonds. The topological polar surface area (TPSA) is 116 Å². The Bertz CT molecular complexity index is 715. The van der Waals surface area contributed by atoms with E-state index in [-0.39, 0.29) is 11.0 Å². The van der Waals surface area contributed by atoms with E-state index in [0.29, 0.717) is 11.5 Å². The van der Waals surface area contributed by atoms with E-state index in [2.05, 4.69) is 26.3 Å². The number of hydrogen-bond acceptors (Lipinski definition) is 6. The van der Waals surface area contributed by atoms with Crippen molar-refractivity contribution in [1.29, 1.82) is 0 Å². The van der Waals surface area contributed by atoms with Gasteiger partial charge in [-0.05, 0) is 28.1 Å². The minimum atomic E-state index is -0.713. The first kappa shape index (κ1) is 14.2. The van der Waals surface area contributed by atoms with Gasteiger partial charge in [-0.3, -0.25) is 14.9 Å². The molecule has 0 fully saturated rings. The summed E-state index contributed by atoms with van der Waals surface area (Å²) in [5.74, 6) is 5.75. The number of nitrogen functional groups attached to an aromatic ring is 1. The van der Waals surface area contributed by atoms with Crippen molar-refractivity contribution >= 4 is 27.4 Å². The molecule has 20 heavy (non-hydrogen) atoms. The first-order valence-electron chi connectivity index (χ1n) is 5.48. The zero-order valence-electron chi connectivity index (χ0n) is 10.1. The summed E-state index contributed by atoms with van der Waals surface area (Å²) in [6.45, 7) is 0.273. The molecule has 0 radical (unpaired) electrons. The number of hydrazine groups is 1. The van der Waals surface area contributed by atoms with Crippen LogP contribution in [-0.4, -0.2) is 14.5 Å². The molecule has 0 saturated heterocycles. The summed E-state index contributed by atoms with van der Waals surface area (Å²) in [6, 6.07) is 5.19. The molecule has 0 aliphatic heterocycles. The van der Waals surface area contributed by atoms with Gasteiger partial charge in [0, 0.05) is 6.20 Å². The fourth-order valence-corrected chi connectivity index (χ4v) is 2.10. The maximum atomic E-state index is 11.6. The molecular weight excluding hydrogens is 330 g/mol. The van der Waals surface area contributed by atoms with Gasteiger partial charge in [-0.2, -0.15) is 0 Å². The van der Waals surface area contributed by atoms with Crippen molar-refractivity contribution in [3.63, 3.8) is 0 Å². The summed E-state index contributed by atoms with van der Waals surface area (Å²) < 4.78 is 1.63. The third-order valence-corrected chi connectivity index (χ3v) is 3.08. The lowest BCUT2D eigenvalue weighted by molar-refractivity contribution is -0.386. The molecule has 0 unspecified atom stereocenters. The van der Waals surface area contributed by atoms with Crippen LogP contribution < -0.4 is 16.7 Å². The molecule has 2 heterocycles. The zero-order valence-corrected chi connectivity index (χ0v) is 11.7. The molecule has 9 heteroatoms. The quantitative estimate of drug-likeness (QED) is 0.492. The Hall–Kier alpha value is -2.26. The number of nitrogens with one attached hydrogen (secondary N) is 1. The first-order valence-corrected chi connectivity index (χ1v) is 6.27. The Morgan fingerprint density at radius 2 is 2.20 bits per heavy atom. The maximum Gasteiger partial charge on any atom is 0.333 e. The van der Waals surface area contributed by atoms with Crippen LogP contribution in [0.2, 0.25) is 0 Å². The van der Waals surface area contributed by atoms with E-state index in [0.717, 1.165) is 0 Å². The van der Waals surface area contributed by atoms with Crippen LogP contribution in [0.1, 0.15) is 5.69 Å². The normalized spacial score (nSPS) is 10.3. The molecule has 0 bridgehead atoms. The van der Waals surface area contributed by atoms with Crippen LogP contribution in [0.15, 0.2) is 39.9 Å². The number of pyridine rings is 2. The highest BCUT2D eigenvalue weighted by Crippen LogP contribution is 2.13. The van der Waals surface area contributed by atoms with Gasteiger partial charge >= 0.3 is 5.69 Å². The van der Waals surface area contributed by atoms with E-state index in [4.69, 9.17) is 5.84 Å². The molecule has 2 rings (SSSR count). The van der Waals surface area contributed by atoms with E-state index in [1.54, 1.807) is 18.2 Å². The Morgan fingerprint density at radius 3 is 2.85 bits per heavy atom. The van der Waals surface area contributed by atoms with Crippen molar-refractivity contribution in [1.82, 2.24) is 9.55 Å². The summed E-state index contributed by atoms with van der Waals surface area (Å²) in [5, 5.41) is 10.8. The second-order valence-electron chi connectivity index (χ2n) is 3.91. The number of anilines is 1. The third kappa shape index (κ3) is 3.00. The van der Waals surface area contributed by atoms with Gasteiger partial charge in [0.15, 0.2) is 0 Å². The summed E-state index contributed by atoms with van der Waals surface area (Å²) in [6.07, 6.45) is 2.65. The summed E-state index contributed by atoms with van der Waals surface area (Å²) in [7, 11) is 0. The number of rotatable bonds is 4. The van der Waals surface area contributed by atoms with Crippen molar-refractivity contribution in [2.45, 2.75) is 6.54 Å². The van der Waals surface area contributed by atoms with Gasteiger partial charge in [0.25, 0.3) is 5.43 Å². The molecule has 0 spiro atoms. The first-order chi connectivity index (χ1) is 9.51. The highest BCUT2D eigenvalue weighted by atomic mass is 79.9. The smallest absolute Gasteiger partial charge is 0.333 e. The van der Waals surface area contributed by atoms with Crippen LogP contribution >= 0.6 is 15.9 Å². The molecule has 2 aromatic rings. The van der Waals surface area contributed by atoms with Gasteiger partial charge < -0.3 is 9.99 Å². The second kappa shape index (κ2) is 5.80. The molecule has 0 aliphatic carbocycles. The van der Waals surface area contributed by atoms with Crippen molar-refractivity contribution in [2.75, 3.05) is 5.43 Å². The molecule has 2 aromatic heterocycles. The average Bonchev–Trinajstić information content (AvgIpc) is 2.42. The van der Waals surface area contributed by atoms with E-state index in [9.17, 15) is 14.9 Å². The van der Waals surface area contributed by atoms with Crippen LogP contribution in [0.4, 0.5) is 11.5 Å². The summed E-state index contributed by atoms with van der Waals surface area (Å²) >= 11 is 3.02. The predicted octanol–water partition coefficient (Wildman–Crippen LogP) is 1.25. The lowest BCUT2D eigenvalue weighted by Gasteiger charge is -2.07. The van der Waals surface area contributed by atoms with Crippen molar-refractivity contribution in [2.24, 2.45) is 5.84 Å². The number of nitro groups is 1. The lowest BCUT2D eigenvalue weighted by Crippen LogP contribution is -2.14. The molecule has 3 N–H and O–H groups in total. The van der Waals surface area contributed by atoms with E-state index >= 15 is 0 Å². The minimum Gasteiger partial charge on any atom is -0.341 e. The zero-order chi connectivity index (χ0) is 14.7. The van der Waals surface area contributed by atoms with Gasteiger partial charge in [-0.1, -0.05) is 6.07 Å². The van der Waals surface area contributed by atoms with E-state index in [1.165, 1.54) is 17.0 Å². The Labute approximate surface area is 121 Å². The lowest BCUT2D eigenvalue weighted by atomic mass is 10.3. The van der Waals surface area contributed by atoms with E-state index in [1.807, 2.05) is 0 Å². The molecule has 0 aliphatic rings. The molecule has 8 nitrogen and oxygen atoms in total. The number of nitrogens with zero attached hydrogens (tertiary/aromatic N) is 3. The third-order valence-electron chi connectivity index (χ3n) is 2.51. The Balaban J connectivity index is 2.38. The highest BCUT2D eigenvalue weighted by molar-refractivity contribution is 9.10. The molecule has 0 atom stereocenters. The number of nitrogens with two attached hydrogens (primary N) is 1. The fraction of sp³-hybridized carbons (Fsp3) is 0.0909. The summed E-state index contributed by atoms with van der Waals surface area (Å²) in [5.41, 5.74) is 1.91. The Kier molecular flexibility index (Phi) is 4.11. The predicted molar refractivity (Wildman–Crippen MR) is 76.2 cm³/mol. The van der Waals surface area contributed by atoms with Gasteiger partial charge in [-0.25, -0.2) is 10.8 Å². The van der Waals surface area contributed by atoms with Gasteiger partial charge in [0.05, 0.1) is 27.8 Å². The molecular formula is C11H10BrN5O3. The van der Waals surface area contributed by atoms with E-state index < -0.39 is 16.0 Å². The van der Waals surface area contributed by atoms with Crippen LogP contribution in [0.5, 0.6) is 0 Å². The Morgan fingerprint density at radius 1 is 1.45 bits per heavy atom. The van der Waals surface area contributed by atoms with Gasteiger partial charge in [-0.15, -0.1) is 0 Å². The van der Waals surface area contributed by atoms with Crippen LogP contribution in [0.3, 0.4) is 0 Å². The number of halogens is 1. The summed E-state index contributed by atoms with van der Waals surface area (Å²) in [4.78, 5) is 25.9. The number of aromatic nitrogens is 2. The van der Waals surface area contributed by atoms with Crippen LogP contribution in [-0.2, 0) is 6.54 Å². The van der Waals surface area contributed by atoms with Crippen molar-refractivity contribution in [3.05, 3.63) is 61.1 Å². The molecule has 0 saturated carbocycles. The standard InChI is InChI=1S/C11H10BrN5O3/c12-8-5-16(6-9(11(8)18)17(19)20)4-7-2-1-3-10(14-7)15-13/h1-3,5-6H,4,13H2,(H,14,15). The largest absolute Gasteiger partial charge is 0.341 e. The van der Waals surface area contributed by atoms with Crippen LogP contribution in [0.25, 0.3) is 0 Å². The second-order valence-corrected chi connectivity index (χ2v) is 4.76.